The van der Waals surface area contributed by atoms with Crippen LogP contribution in [-0.4, -0.2) is 15.9 Å². The Morgan fingerprint density at radius 1 is 0.960 bits per heavy atom. The molecular weight excluding hydrogens is 354 g/mol. The molecule has 2 heterocycles. The molecule has 0 bridgehead atoms. The fourth-order valence-corrected chi connectivity index (χ4v) is 3.42. The van der Waals surface area contributed by atoms with Gasteiger partial charge >= 0.3 is 0 Å². The molecule has 2 aromatic heterocycles. The van der Waals surface area contributed by atoms with Crippen LogP contribution in [0.4, 0.5) is 5.13 Å². The summed E-state index contributed by atoms with van der Waals surface area (Å²) >= 11 is 7.54. The lowest BCUT2D eigenvalue weighted by molar-refractivity contribution is 0.102. The third-order valence-corrected chi connectivity index (χ3v) is 4.79. The summed E-state index contributed by atoms with van der Waals surface area (Å²) in [5, 5.41) is 6.79. The van der Waals surface area contributed by atoms with Crippen molar-refractivity contribution >= 4 is 44.9 Å². The maximum absolute atomic E-state index is 12.4. The van der Waals surface area contributed by atoms with E-state index in [4.69, 9.17) is 11.6 Å². The summed E-state index contributed by atoms with van der Waals surface area (Å²) in [7, 11) is 0. The van der Waals surface area contributed by atoms with Gasteiger partial charge in [-0.15, -0.1) is 11.3 Å². The van der Waals surface area contributed by atoms with Crippen LogP contribution in [0.5, 0.6) is 0 Å². The van der Waals surface area contributed by atoms with Gasteiger partial charge in [-0.25, -0.2) is 9.97 Å². The van der Waals surface area contributed by atoms with Gasteiger partial charge in [-0.1, -0.05) is 54.1 Å². The lowest BCUT2D eigenvalue weighted by Crippen LogP contribution is -2.13. The number of halogens is 1. The molecule has 1 amide bonds. The number of pyridine rings is 1. The highest BCUT2D eigenvalue weighted by atomic mass is 35.5. The topological polar surface area (TPSA) is 54.9 Å². The highest BCUT2D eigenvalue weighted by molar-refractivity contribution is 7.14. The second-order valence-electron chi connectivity index (χ2n) is 5.36. The molecule has 6 heteroatoms. The largest absolute Gasteiger partial charge is 0.296 e. The third kappa shape index (κ3) is 3.24. The molecule has 2 aromatic carbocycles. The number of thiazole rings is 1. The second kappa shape index (κ2) is 6.63. The van der Waals surface area contributed by atoms with E-state index in [1.807, 2.05) is 60.0 Å². The van der Waals surface area contributed by atoms with Crippen LogP contribution in [0.25, 0.3) is 22.2 Å². The molecule has 0 fully saturated rings. The van der Waals surface area contributed by atoms with E-state index in [-0.39, 0.29) is 5.91 Å². The third-order valence-electron chi connectivity index (χ3n) is 3.71. The summed E-state index contributed by atoms with van der Waals surface area (Å²) in [6, 6.07) is 18.7. The molecule has 122 valence electrons. The molecule has 4 aromatic rings. The van der Waals surface area contributed by atoms with Gasteiger partial charge in [-0.3, -0.25) is 10.1 Å². The SMILES string of the molecule is O=C(Nc1nc(-c2ccccc2Cl)cs1)c1ccc2ccccc2n1. The lowest BCUT2D eigenvalue weighted by atomic mass is 10.2. The fourth-order valence-electron chi connectivity index (χ4n) is 2.48. The Morgan fingerprint density at radius 3 is 2.64 bits per heavy atom. The summed E-state index contributed by atoms with van der Waals surface area (Å²) < 4.78 is 0. The molecule has 0 saturated carbocycles. The molecule has 0 aliphatic heterocycles. The minimum absolute atomic E-state index is 0.286. The first-order valence-electron chi connectivity index (χ1n) is 7.58. The van der Waals surface area contributed by atoms with Crippen molar-refractivity contribution in [2.24, 2.45) is 0 Å². The number of hydrogen-bond acceptors (Lipinski definition) is 4. The maximum atomic E-state index is 12.4. The Hall–Kier alpha value is -2.76. The molecule has 0 atom stereocenters. The number of amides is 1. The second-order valence-corrected chi connectivity index (χ2v) is 6.63. The standard InChI is InChI=1S/C19H12ClN3OS/c20-14-7-3-2-6-13(14)17-11-25-19(22-17)23-18(24)16-10-9-12-5-1-4-8-15(12)21-16/h1-11H,(H,22,23,24). The Labute approximate surface area is 153 Å². The summed E-state index contributed by atoms with van der Waals surface area (Å²) in [5.41, 5.74) is 2.71. The number of benzene rings is 2. The van der Waals surface area contributed by atoms with E-state index >= 15 is 0 Å². The normalized spacial score (nSPS) is 10.8. The van der Waals surface area contributed by atoms with Gasteiger partial charge < -0.3 is 0 Å². The Balaban J connectivity index is 1.57. The Morgan fingerprint density at radius 2 is 1.76 bits per heavy atom. The minimum atomic E-state index is -0.286. The van der Waals surface area contributed by atoms with Crippen LogP contribution in [0.1, 0.15) is 10.5 Å². The monoisotopic (exact) mass is 365 g/mol. The van der Waals surface area contributed by atoms with Crippen molar-refractivity contribution in [2.45, 2.75) is 0 Å². The summed E-state index contributed by atoms with van der Waals surface area (Å²) in [6.07, 6.45) is 0. The van der Waals surface area contributed by atoms with Crippen LogP contribution in [-0.2, 0) is 0 Å². The van der Waals surface area contributed by atoms with Crippen molar-refractivity contribution in [3.05, 3.63) is 76.8 Å². The molecule has 25 heavy (non-hydrogen) atoms. The van der Waals surface area contributed by atoms with Gasteiger partial charge in [-0.05, 0) is 18.2 Å². The average molecular weight is 366 g/mol. The number of aromatic nitrogens is 2. The van der Waals surface area contributed by atoms with Gasteiger partial charge in [0.2, 0.25) is 0 Å². The molecule has 0 aliphatic rings. The van der Waals surface area contributed by atoms with Crippen LogP contribution in [0, 0.1) is 0 Å². The zero-order valence-electron chi connectivity index (χ0n) is 12.9. The maximum Gasteiger partial charge on any atom is 0.276 e. The Kier molecular flexibility index (Phi) is 4.17. The van der Waals surface area contributed by atoms with Gasteiger partial charge in [0.05, 0.1) is 11.2 Å². The first-order chi connectivity index (χ1) is 12.2. The number of para-hydroxylation sites is 1. The summed E-state index contributed by atoms with van der Waals surface area (Å²) in [5.74, 6) is -0.286. The molecule has 0 radical (unpaired) electrons. The molecule has 0 unspecified atom stereocenters. The number of rotatable bonds is 3. The van der Waals surface area contributed by atoms with Crippen molar-refractivity contribution in [3.63, 3.8) is 0 Å². The predicted octanol–water partition coefficient (Wildman–Crippen LogP) is 5.26. The molecule has 4 nitrogen and oxygen atoms in total. The van der Waals surface area contributed by atoms with E-state index < -0.39 is 0 Å². The number of fused-ring (bicyclic) bond motifs is 1. The van der Waals surface area contributed by atoms with Crippen molar-refractivity contribution < 1.29 is 4.79 Å². The molecular formula is C19H12ClN3OS. The van der Waals surface area contributed by atoms with Crippen LogP contribution in [0.2, 0.25) is 5.02 Å². The van der Waals surface area contributed by atoms with Crippen molar-refractivity contribution in [3.8, 4) is 11.3 Å². The van der Waals surface area contributed by atoms with Crippen molar-refractivity contribution in [1.82, 2.24) is 9.97 Å². The van der Waals surface area contributed by atoms with E-state index in [2.05, 4.69) is 15.3 Å². The van der Waals surface area contributed by atoms with Gasteiger partial charge in [0, 0.05) is 21.4 Å². The molecule has 4 rings (SSSR count). The zero-order valence-corrected chi connectivity index (χ0v) is 14.5. The van der Waals surface area contributed by atoms with E-state index in [0.717, 1.165) is 22.2 Å². The molecule has 0 aliphatic carbocycles. The van der Waals surface area contributed by atoms with E-state index in [1.54, 1.807) is 6.07 Å². The van der Waals surface area contributed by atoms with E-state index in [1.165, 1.54) is 11.3 Å². The molecule has 0 spiro atoms. The fraction of sp³-hybridized carbons (Fsp3) is 0. The van der Waals surface area contributed by atoms with Gasteiger partial charge in [0.15, 0.2) is 5.13 Å². The molecule has 0 saturated heterocycles. The van der Waals surface area contributed by atoms with E-state index in [9.17, 15) is 4.79 Å². The number of nitrogens with one attached hydrogen (secondary N) is 1. The first kappa shape index (κ1) is 15.7. The minimum Gasteiger partial charge on any atom is -0.296 e. The van der Waals surface area contributed by atoms with Crippen LogP contribution in [0.15, 0.2) is 66.0 Å². The summed E-state index contributed by atoms with van der Waals surface area (Å²) in [6.45, 7) is 0. The number of nitrogens with zero attached hydrogens (tertiary/aromatic N) is 2. The summed E-state index contributed by atoms with van der Waals surface area (Å²) in [4.78, 5) is 21.3. The smallest absolute Gasteiger partial charge is 0.276 e. The van der Waals surface area contributed by atoms with Gasteiger partial charge in [0.1, 0.15) is 5.69 Å². The van der Waals surface area contributed by atoms with Crippen molar-refractivity contribution in [2.75, 3.05) is 5.32 Å². The number of carbonyl (C=O) groups is 1. The van der Waals surface area contributed by atoms with E-state index in [0.29, 0.717) is 15.8 Å². The number of carbonyl (C=O) groups excluding carboxylic acids is 1. The predicted molar refractivity (Wildman–Crippen MR) is 102 cm³/mol. The zero-order chi connectivity index (χ0) is 17.2. The van der Waals surface area contributed by atoms with Crippen LogP contribution >= 0.6 is 22.9 Å². The van der Waals surface area contributed by atoms with Crippen LogP contribution in [0.3, 0.4) is 0 Å². The Bertz CT molecular complexity index is 1080. The van der Waals surface area contributed by atoms with Crippen molar-refractivity contribution in [1.29, 1.82) is 0 Å². The molecule has 1 N–H and O–H groups in total. The highest BCUT2D eigenvalue weighted by Gasteiger charge is 2.12. The number of anilines is 1. The highest BCUT2D eigenvalue weighted by Crippen LogP contribution is 2.30. The first-order valence-corrected chi connectivity index (χ1v) is 8.84. The lowest BCUT2D eigenvalue weighted by Gasteiger charge is -2.03. The quantitative estimate of drug-likeness (QED) is 0.538. The van der Waals surface area contributed by atoms with Crippen LogP contribution < -0.4 is 5.32 Å². The van der Waals surface area contributed by atoms with Gasteiger partial charge in [-0.2, -0.15) is 0 Å². The average Bonchev–Trinajstić information content (AvgIpc) is 3.10. The van der Waals surface area contributed by atoms with Gasteiger partial charge in [0.25, 0.3) is 5.91 Å². The number of hydrogen-bond donors (Lipinski definition) is 1.